The third-order valence-corrected chi connectivity index (χ3v) is 6.21. The number of carbonyl (C=O) groups excluding carboxylic acids is 2. The maximum Gasteiger partial charge on any atom is 0.259 e. The van der Waals surface area contributed by atoms with Gasteiger partial charge in [0.1, 0.15) is 11.5 Å². The summed E-state index contributed by atoms with van der Waals surface area (Å²) < 4.78 is 11.3. The van der Waals surface area contributed by atoms with Crippen LogP contribution in [0.5, 0.6) is 17.2 Å². The number of anilines is 1. The summed E-state index contributed by atoms with van der Waals surface area (Å²) in [7, 11) is 1.68. The molecule has 0 atom stereocenters. The highest BCUT2D eigenvalue weighted by Crippen LogP contribution is 2.37. The first-order chi connectivity index (χ1) is 17.1. The minimum Gasteiger partial charge on any atom is -0.497 e. The normalized spacial score (nSPS) is 11.4. The van der Waals surface area contributed by atoms with E-state index >= 15 is 0 Å². The summed E-state index contributed by atoms with van der Waals surface area (Å²) in [6.45, 7) is 0. The molecule has 0 aliphatic carbocycles. The van der Waals surface area contributed by atoms with Crippen LogP contribution in [0.15, 0.2) is 101 Å². The van der Waals surface area contributed by atoms with E-state index in [1.165, 1.54) is 5.56 Å². The van der Waals surface area contributed by atoms with Gasteiger partial charge in [0.2, 0.25) is 6.41 Å². The molecule has 0 aromatic heterocycles. The smallest absolute Gasteiger partial charge is 0.259 e. The zero-order chi connectivity index (χ0) is 24.6. The second kappa shape index (κ2) is 11.3. The summed E-state index contributed by atoms with van der Waals surface area (Å²) in [5, 5.41) is 2.98. The second-order valence-corrected chi connectivity index (χ2v) is 8.77. The lowest BCUT2D eigenvalue weighted by molar-refractivity contribution is -0.106. The molecule has 0 fully saturated rings. The fourth-order valence-electron chi connectivity index (χ4n) is 3.68. The first-order valence-electron chi connectivity index (χ1n) is 10.9. The van der Waals surface area contributed by atoms with E-state index in [4.69, 9.17) is 14.3 Å². The number of hydrogen-bond acceptors (Lipinski definition) is 5. The Kier molecular flexibility index (Phi) is 7.70. The van der Waals surface area contributed by atoms with Gasteiger partial charge in [0, 0.05) is 9.79 Å². The lowest BCUT2D eigenvalue weighted by atomic mass is 10.0. The Morgan fingerprint density at radius 1 is 0.886 bits per heavy atom. The zero-order valence-electron chi connectivity index (χ0n) is 19.1. The van der Waals surface area contributed by atoms with Crippen molar-refractivity contribution < 1.29 is 19.1 Å². The van der Waals surface area contributed by atoms with Gasteiger partial charge in [-0.2, -0.15) is 0 Å². The molecule has 176 valence electrons. The van der Waals surface area contributed by atoms with E-state index < -0.39 is 0 Å². The van der Waals surface area contributed by atoms with E-state index in [1.54, 1.807) is 24.9 Å². The van der Waals surface area contributed by atoms with Crippen LogP contribution < -0.4 is 20.5 Å². The molecule has 7 heteroatoms. The predicted octanol–water partition coefficient (Wildman–Crippen LogP) is 5.90. The summed E-state index contributed by atoms with van der Waals surface area (Å²) in [5.41, 5.74) is 7.68. The van der Waals surface area contributed by atoms with Crippen LogP contribution >= 0.6 is 11.8 Å². The molecule has 0 unspecified atom stereocenters. The molecule has 5 rings (SSSR count). The average Bonchev–Trinajstić information content (AvgIpc) is 3.00. The number of ether oxygens (including phenoxy) is 2. The van der Waals surface area contributed by atoms with Crippen molar-refractivity contribution in [2.45, 2.75) is 16.2 Å². The van der Waals surface area contributed by atoms with Crippen molar-refractivity contribution in [2.75, 3.05) is 12.4 Å². The summed E-state index contributed by atoms with van der Waals surface area (Å²) in [6, 6.07) is 29.8. The van der Waals surface area contributed by atoms with Gasteiger partial charge < -0.3 is 20.5 Å². The molecule has 2 amide bonds. The molecule has 1 heterocycles. The molecule has 1 aliphatic heterocycles. The monoisotopic (exact) mass is 484 g/mol. The standard InChI is InChI=1S/C27H21NO3S.CH3NO/c1-30-20-7-5-9-22(17-20)32-21-8-4-6-18(15-21)14-19-12-13-26-24(16-19)28-27(29)23-10-2-3-11-25(23)31-26;2-1-3/h2-13,15-17H,14H2,1H3,(H,28,29);1H,(H2,2,3). The topological polar surface area (TPSA) is 90.7 Å². The molecule has 0 spiro atoms. The van der Waals surface area contributed by atoms with Gasteiger partial charge >= 0.3 is 0 Å². The lowest BCUT2D eigenvalue weighted by Gasteiger charge is -2.11. The van der Waals surface area contributed by atoms with Gasteiger partial charge in [0.15, 0.2) is 5.75 Å². The van der Waals surface area contributed by atoms with E-state index in [0.717, 1.165) is 27.5 Å². The molecule has 0 saturated carbocycles. The highest BCUT2D eigenvalue weighted by Gasteiger charge is 2.20. The number of para-hydroxylation sites is 1. The number of nitrogens with one attached hydrogen (secondary N) is 1. The van der Waals surface area contributed by atoms with Gasteiger partial charge in [-0.3, -0.25) is 9.59 Å². The Balaban J connectivity index is 0.000000917. The van der Waals surface area contributed by atoms with Crippen LogP contribution in [0.2, 0.25) is 0 Å². The number of fused-ring (bicyclic) bond motifs is 2. The molecule has 3 N–H and O–H groups in total. The van der Waals surface area contributed by atoms with Crippen LogP contribution in [0, 0.1) is 0 Å². The highest BCUT2D eigenvalue weighted by molar-refractivity contribution is 7.99. The van der Waals surface area contributed by atoms with Gasteiger partial charge in [-0.05, 0) is 72.1 Å². The lowest BCUT2D eigenvalue weighted by Crippen LogP contribution is -2.10. The first kappa shape index (κ1) is 23.9. The maximum atomic E-state index is 12.6. The Morgan fingerprint density at radius 3 is 2.40 bits per heavy atom. The Bertz CT molecular complexity index is 1360. The van der Waals surface area contributed by atoms with Crippen molar-refractivity contribution in [3.63, 3.8) is 0 Å². The molecule has 4 aromatic carbocycles. The van der Waals surface area contributed by atoms with Crippen molar-refractivity contribution in [3.8, 4) is 17.2 Å². The van der Waals surface area contributed by atoms with Crippen LogP contribution in [0.1, 0.15) is 21.5 Å². The first-order valence-corrected chi connectivity index (χ1v) is 11.7. The fourth-order valence-corrected chi connectivity index (χ4v) is 4.63. The van der Waals surface area contributed by atoms with E-state index in [9.17, 15) is 4.79 Å². The minimum absolute atomic E-state index is 0.159. The molecule has 0 bridgehead atoms. The molecule has 0 radical (unpaired) electrons. The van der Waals surface area contributed by atoms with Crippen LogP contribution in [0.4, 0.5) is 5.69 Å². The van der Waals surface area contributed by atoms with Crippen molar-refractivity contribution >= 4 is 29.8 Å². The Labute approximate surface area is 208 Å². The zero-order valence-corrected chi connectivity index (χ0v) is 19.9. The third kappa shape index (κ3) is 6.02. The van der Waals surface area contributed by atoms with E-state index in [1.807, 2.05) is 54.6 Å². The van der Waals surface area contributed by atoms with Gasteiger partial charge in [0.05, 0.1) is 18.4 Å². The number of rotatable bonds is 5. The van der Waals surface area contributed by atoms with Crippen molar-refractivity contribution in [1.82, 2.24) is 0 Å². The molecule has 35 heavy (non-hydrogen) atoms. The Morgan fingerprint density at radius 2 is 1.60 bits per heavy atom. The van der Waals surface area contributed by atoms with Gasteiger partial charge in [-0.25, -0.2) is 0 Å². The average molecular weight is 485 g/mol. The number of primary amides is 1. The largest absolute Gasteiger partial charge is 0.497 e. The van der Waals surface area contributed by atoms with Gasteiger partial charge in [-0.15, -0.1) is 0 Å². The number of methoxy groups -OCH3 is 1. The molecule has 1 aliphatic rings. The maximum absolute atomic E-state index is 12.6. The van der Waals surface area contributed by atoms with Crippen LogP contribution in [-0.4, -0.2) is 19.4 Å². The molecular formula is C28H24N2O4S. The van der Waals surface area contributed by atoms with E-state index in [0.29, 0.717) is 22.7 Å². The summed E-state index contributed by atoms with van der Waals surface area (Å²) >= 11 is 1.70. The predicted molar refractivity (Wildman–Crippen MR) is 138 cm³/mol. The highest BCUT2D eigenvalue weighted by atomic mass is 32.2. The summed E-state index contributed by atoms with van der Waals surface area (Å²) in [5.74, 6) is 1.91. The van der Waals surface area contributed by atoms with Crippen molar-refractivity contribution in [2.24, 2.45) is 5.73 Å². The third-order valence-electron chi connectivity index (χ3n) is 5.23. The van der Waals surface area contributed by atoms with E-state index in [2.05, 4.69) is 41.4 Å². The Hall–Kier alpha value is -4.23. The van der Waals surface area contributed by atoms with Crippen LogP contribution in [0.3, 0.4) is 0 Å². The number of hydrogen-bond donors (Lipinski definition) is 2. The van der Waals surface area contributed by atoms with Crippen molar-refractivity contribution in [3.05, 3.63) is 108 Å². The number of benzene rings is 4. The molecular weight excluding hydrogens is 460 g/mol. The fraction of sp³-hybridized carbons (Fsp3) is 0.0714. The minimum atomic E-state index is -0.159. The number of amides is 2. The molecule has 4 aromatic rings. The summed E-state index contributed by atoms with van der Waals surface area (Å²) in [4.78, 5) is 23.5. The van der Waals surface area contributed by atoms with Crippen LogP contribution in [0.25, 0.3) is 0 Å². The van der Waals surface area contributed by atoms with Gasteiger partial charge in [-0.1, -0.05) is 48.2 Å². The molecule has 0 saturated heterocycles. The number of nitrogens with two attached hydrogens (primary N) is 1. The van der Waals surface area contributed by atoms with Gasteiger partial charge in [0.25, 0.3) is 5.91 Å². The number of carbonyl (C=O) groups is 2. The molecule has 6 nitrogen and oxygen atoms in total. The quantitative estimate of drug-likeness (QED) is 0.344. The van der Waals surface area contributed by atoms with Crippen LogP contribution in [-0.2, 0) is 11.2 Å². The second-order valence-electron chi connectivity index (χ2n) is 7.62. The summed E-state index contributed by atoms with van der Waals surface area (Å²) in [6.07, 6.45) is 1.00. The van der Waals surface area contributed by atoms with Crippen molar-refractivity contribution in [1.29, 1.82) is 0 Å². The SMILES string of the molecule is COc1cccc(Sc2cccc(Cc3ccc4c(c3)NC(=O)c3ccccc3O4)c2)c1.NC=O. The van der Waals surface area contributed by atoms with E-state index in [-0.39, 0.29) is 12.3 Å².